The van der Waals surface area contributed by atoms with Gasteiger partial charge in [0.25, 0.3) is 0 Å². The van der Waals surface area contributed by atoms with E-state index in [0.717, 1.165) is 32.2 Å². The van der Waals surface area contributed by atoms with Crippen molar-refractivity contribution in [1.82, 2.24) is 0 Å². The van der Waals surface area contributed by atoms with Gasteiger partial charge in [0.2, 0.25) is 0 Å². The Labute approximate surface area is 70.2 Å². The van der Waals surface area contributed by atoms with Gasteiger partial charge in [-0.25, -0.2) is 0 Å². The van der Waals surface area contributed by atoms with Crippen LogP contribution in [0.2, 0.25) is 0 Å². The number of nitrogens with two attached hydrogens (primary N) is 1. The molecular formula is C9H21NO. The van der Waals surface area contributed by atoms with Crippen molar-refractivity contribution in [2.24, 2.45) is 5.73 Å². The second kappa shape index (κ2) is 12.3. The largest absolute Gasteiger partial charge is 0.330 e. The number of carbonyl (C=O) groups is 1. The molecule has 68 valence electrons. The van der Waals surface area contributed by atoms with Crippen molar-refractivity contribution in [3.8, 4) is 0 Å². The van der Waals surface area contributed by atoms with Gasteiger partial charge in [0.05, 0.1) is 0 Å². The summed E-state index contributed by atoms with van der Waals surface area (Å²) >= 11 is 0. The monoisotopic (exact) mass is 159 g/mol. The molecule has 0 spiro atoms. The minimum Gasteiger partial charge on any atom is -0.330 e. The Morgan fingerprint density at radius 1 is 1.18 bits per heavy atom. The van der Waals surface area contributed by atoms with Crippen LogP contribution in [0, 0.1) is 0 Å². The Balaban J connectivity index is 0. The molecule has 0 aromatic heterocycles. The van der Waals surface area contributed by atoms with Crippen molar-refractivity contribution in [3.05, 3.63) is 0 Å². The van der Waals surface area contributed by atoms with E-state index in [1.807, 2.05) is 13.8 Å². The molecule has 0 saturated carbocycles. The third-order valence-corrected chi connectivity index (χ3v) is 1.23. The van der Waals surface area contributed by atoms with E-state index < -0.39 is 0 Å². The normalized spacial score (nSPS) is 8.36. The van der Waals surface area contributed by atoms with Gasteiger partial charge in [-0.05, 0) is 26.3 Å². The summed E-state index contributed by atoms with van der Waals surface area (Å²) in [6.07, 6.45) is 3.87. The summed E-state index contributed by atoms with van der Waals surface area (Å²) in [5.41, 5.74) is 5.26. The van der Waals surface area contributed by atoms with Crippen LogP contribution < -0.4 is 5.73 Å². The molecule has 0 aromatic rings. The van der Waals surface area contributed by atoms with Gasteiger partial charge in [0, 0.05) is 6.42 Å². The molecule has 0 fully saturated rings. The lowest BCUT2D eigenvalue weighted by Gasteiger charge is -1.93. The van der Waals surface area contributed by atoms with E-state index in [0.29, 0.717) is 0 Å². The molecule has 0 radical (unpaired) electrons. The number of rotatable bonds is 5. The number of hydrogen-bond donors (Lipinski definition) is 1. The number of unbranched alkanes of at least 4 members (excludes halogenated alkanes) is 2. The Morgan fingerprint density at radius 3 is 2.09 bits per heavy atom. The van der Waals surface area contributed by atoms with E-state index in [1.54, 1.807) is 6.92 Å². The summed E-state index contributed by atoms with van der Waals surface area (Å²) in [5.74, 6) is 0.284. The van der Waals surface area contributed by atoms with Gasteiger partial charge in [-0.3, -0.25) is 0 Å². The third-order valence-electron chi connectivity index (χ3n) is 1.23. The molecule has 0 atom stereocenters. The van der Waals surface area contributed by atoms with Gasteiger partial charge in [0.15, 0.2) is 0 Å². The predicted molar refractivity (Wildman–Crippen MR) is 49.6 cm³/mol. The number of ketones is 1. The molecule has 11 heavy (non-hydrogen) atoms. The summed E-state index contributed by atoms with van der Waals surface area (Å²) in [6.45, 7) is 6.38. The first-order chi connectivity index (χ1) is 5.27. The van der Waals surface area contributed by atoms with Crippen LogP contribution in [0.15, 0.2) is 0 Å². The molecule has 2 N–H and O–H groups in total. The lowest BCUT2D eigenvalue weighted by molar-refractivity contribution is -0.117. The first-order valence-corrected chi connectivity index (χ1v) is 4.47. The van der Waals surface area contributed by atoms with Crippen LogP contribution in [0.25, 0.3) is 0 Å². The lowest BCUT2D eigenvalue weighted by atomic mass is 10.1. The second-order valence-electron chi connectivity index (χ2n) is 2.30. The number of carbonyl (C=O) groups excluding carboxylic acids is 1. The molecule has 0 aromatic carbocycles. The quantitative estimate of drug-likeness (QED) is 0.624. The summed E-state index contributed by atoms with van der Waals surface area (Å²) in [7, 11) is 0. The number of Topliss-reactive ketones (excluding diaryl/α,β-unsaturated/α-hetero) is 1. The summed E-state index contributed by atoms with van der Waals surface area (Å²) < 4.78 is 0. The average Bonchev–Trinajstić information content (AvgIpc) is 2.02. The third kappa shape index (κ3) is 17.7. The Kier molecular flexibility index (Phi) is 14.8. The van der Waals surface area contributed by atoms with E-state index in [2.05, 4.69) is 0 Å². The van der Waals surface area contributed by atoms with Crippen LogP contribution in [-0.2, 0) is 4.79 Å². The fourth-order valence-electron chi connectivity index (χ4n) is 0.695. The Bertz CT molecular complexity index is 81.6. The summed E-state index contributed by atoms with van der Waals surface area (Å²) in [5, 5.41) is 0. The van der Waals surface area contributed by atoms with Crippen LogP contribution in [0.4, 0.5) is 0 Å². The molecule has 2 nitrogen and oxygen atoms in total. The van der Waals surface area contributed by atoms with Crippen molar-refractivity contribution >= 4 is 5.78 Å². The van der Waals surface area contributed by atoms with E-state index >= 15 is 0 Å². The van der Waals surface area contributed by atoms with Crippen LogP contribution in [0.1, 0.15) is 46.5 Å². The zero-order chi connectivity index (χ0) is 9.11. The van der Waals surface area contributed by atoms with Gasteiger partial charge < -0.3 is 10.5 Å². The molecule has 0 aliphatic carbocycles. The highest BCUT2D eigenvalue weighted by Crippen LogP contribution is 1.98. The molecule has 0 saturated heterocycles. The highest BCUT2D eigenvalue weighted by Gasteiger charge is 1.91. The topological polar surface area (TPSA) is 43.1 Å². The number of hydrogen-bond acceptors (Lipinski definition) is 2. The maximum atomic E-state index is 10.4. The molecule has 0 rings (SSSR count). The lowest BCUT2D eigenvalue weighted by Crippen LogP contribution is -1.98. The Morgan fingerprint density at radius 2 is 1.73 bits per heavy atom. The minimum absolute atomic E-state index is 0.284. The molecule has 0 unspecified atom stereocenters. The fraction of sp³-hybridized carbons (Fsp3) is 0.889. The highest BCUT2D eigenvalue weighted by atomic mass is 16.1. The van der Waals surface area contributed by atoms with Crippen molar-refractivity contribution in [3.63, 3.8) is 0 Å². The smallest absolute Gasteiger partial charge is 0.129 e. The van der Waals surface area contributed by atoms with Crippen molar-refractivity contribution in [1.29, 1.82) is 0 Å². The summed E-state index contributed by atoms with van der Waals surface area (Å²) in [4.78, 5) is 10.4. The first kappa shape index (κ1) is 13.2. The van der Waals surface area contributed by atoms with E-state index in [9.17, 15) is 4.79 Å². The van der Waals surface area contributed by atoms with E-state index in [-0.39, 0.29) is 5.78 Å². The second-order valence-corrected chi connectivity index (χ2v) is 2.30. The zero-order valence-corrected chi connectivity index (χ0v) is 8.02. The van der Waals surface area contributed by atoms with Gasteiger partial charge >= 0.3 is 0 Å². The van der Waals surface area contributed by atoms with Gasteiger partial charge in [0.1, 0.15) is 5.78 Å². The molecule has 0 bridgehead atoms. The van der Waals surface area contributed by atoms with Gasteiger partial charge in [-0.1, -0.05) is 20.3 Å². The molecular weight excluding hydrogens is 138 g/mol. The molecule has 0 amide bonds. The molecule has 0 aliphatic rings. The molecule has 2 heteroatoms. The fourth-order valence-corrected chi connectivity index (χ4v) is 0.695. The SMILES string of the molecule is CC.CC(=O)CCCCCN. The predicted octanol–water partition coefficient (Wildman–Crippen LogP) is 2.12. The molecule has 0 heterocycles. The Hall–Kier alpha value is -0.370. The first-order valence-electron chi connectivity index (χ1n) is 4.47. The van der Waals surface area contributed by atoms with Crippen LogP contribution in [-0.4, -0.2) is 12.3 Å². The highest BCUT2D eigenvalue weighted by molar-refractivity contribution is 5.75. The summed E-state index contributed by atoms with van der Waals surface area (Å²) in [6, 6.07) is 0. The van der Waals surface area contributed by atoms with E-state index in [4.69, 9.17) is 5.73 Å². The van der Waals surface area contributed by atoms with Crippen LogP contribution in [0.3, 0.4) is 0 Å². The van der Waals surface area contributed by atoms with Crippen LogP contribution >= 0.6 is 0 Å². The maximum absolute atomic E-state index is 10.4. The van der Waals surface area contributed by atoms with Crippen molar-refractivity contribution in [2.45, 2.75) is 46.5 Å². The van der Waals surface area contributed by atoms with Gasteiger partial charge in [-0.15, -0.1) is 0 Å². The molecule has 0 aliphatic heterocycles. The average molecular weight is 159 g/mol. The van der Waals surface area contributed by atoms with Gasteiger partial charge in [-0.2, -0.15) is 0 Å². The van der Waals surface area contributed by atoms with Crippen LogP contribution in [0.5, 0.6) is 0 Å². The van der Waals surface area contributed by atoms with Crippen molar-refractivity contribution in [2.75, 3.05) is 6.54 Å². The van der Waals surface area contributed by atoms with Crippen molar-refractivity contribution < 1.29 is 4.79 Å². The maximum Gasteiger partial charge on any atom is 0.129 e. The standard InChI is InChI=1S/C7H15NO.C2H6/c1-7(9)5-3-2-4-6-8;1-2/h2-6,8H2,1H3;1-2H3. The van der Waals surface area contributed by atoms with E-state index in [1.165, 1.54) is 0 Å². The minimum atomic E-state index is 0.284. The zero-order valence-electron chi connectivity index (χ0n) is 8.02.